The number of hydrogen-bond donors (Lipinski definition) is 0. The summed E-state index contributed by atoms with van der Waals surface area (Å²) in [5.41, 5.74) is 0.472. The number of halogens is 1. The quantitative estimate of drug-likeness (QED) is 0.604. The fourth-order valence-corrected chi connectivity index (χ4v) is 4.79. The molecule has 0 N–H and O–H groups in total. The van der Waals surface area contributed by atoms with Gasteiger partial charge in [-0.05, 0) is 36.4 Å². The lowest BCUT2D eigenvalue weighted by Crippen LogP contribution is -2.36. The molecule has 2 aliphatic rings. The molecule has 0 spiro atoms. The molecule has 1 aromatic heterocycles. The molecule has 10 heteroatoms. The van der Waals surface area contributed by atoms with Crippen LogP contribution in [0.1, 0.15) is 0 Å². The Morgan fingerprint density at radius 1 is 0.903 bits per heavy atom. The molecular formula is C21H19FN2O6S. The van der Waals surface area contributed by atoms with Gasteiger partial charge in [0.15, 0.2) is 11.5 Å². The highest BCUT2D eigenvalue weighted by Crippen LogP contribution is 2.38. The van der Waals surface area contributed by atoms with Crippen molar-refractivity contribution in [1.29, 1.82) is 0 Å². The summed E-state index contributed by atoms with van der Waals surface area (Å²) in [5, 5.41) is -0.203. The fourth-order valence-electron chi connectivity index (χ4n) is 3.46. The third-order valence-corrected chi connectivity index (χ3v) is 6.70. The van der Waals surface area contributed by atoms with Gasteiger partial charge in [0.1, 0.15) is 19.0 Å². The monoisotopic (exact) mass is 446 g/mol. The van der Waals surface area contributed by atoms with Gasteiger partial charge in [-0.3, -0.25) is 0 Å². The number of sulfone groups is 1. The van der Waals surface area contributed by atoms with Gasteiger partial charge in [0, 0.05) is 24.7 Å². The lowest BCUT2D eigenvalue weighted by Gasteiger charge is -2.26. The molecule has 0 aliphatic carbocycles. The van der Waals surface area contributed by atoms with Gasteiger partial charge in [0.2, 0.25) is 26.6 Å². The van der Waals surface area contributed by atoms with Gasteiger partial charge >= 0.3 is 0 Å². The molecule has 31 heavy (non-hydrogen) atoms. The van der Waals surface area contributed by atoms with Crippen LogP contribution in [-0.4, -0.2) is 52.9 Å². The molecule has 0 bridgehead atoms. The lowest BCUT2D eigenvalue weighted by molar-refractivity contribution is 0.120. The van der Waals surface area contributed by atoms with Crippen LogP contribution >= 0.6 is 0 Å². The highest BCUT2D eigenvalue weighted by Gasteiger charge is 2.33. The fraction of sp³-hybridized carbons (Fsp3) is 0.286. The van der Waals surface area contributed by atoms with E-state index in [9.17, 15) is 12.8 Å². The minimum atomic E-state index is -4.04. The Morgan fingerprint density at radius 3 is 2.35 bits per heavy atom. The number of morpholine rings is 1. The zero-order valence-corrected chi connectivity index (χ0v) is 17.2. The lowest BCUT2D eigenvalue weighted by atomic mass is 10.2. The Kier molecular flexibility index (Phi) is 5.03. The molecule has 3 heterocycles. The predicted molar refractivity (Wildman–Crippen MR) is 108 cm³/mol. The summed E-state index contributed by atoms with van der Waals surface area (Å²) in [6.07, 6.45) is 0. The summed E-state index contributed by atoms with van der Waals surface area (Å²) >= 11 is 0. The average molecular weight is 446 g/mol. The number of oxazole rings is 1. The maximum Gasteiger partial charge on any atom is 0.236 e. The van der Waals surface area contributed by atoms with Crippen molar-refractivity contribution in [2.24, 2.45) is 0 Å². The van der Waals surface area contributed by atoms with Crippen LogP contribution in [0, 0.1) is 5.82 Å². The maximum absolute atomic E-state index is 13.5. The molecule has 0 unspecified atom stereocenters. The predicted octanol–water partition coefficient (Wildman–Crippen LogP) is 2.92. The van der Waals surface area contributed by atoms with E-state index in [4.69, 9.17) is 18.6 Å². The molecule has 0 amide bonds. The highest BCUT2D eigenvalue weighted by molar-refractivity contribution is 7.91. The molecule has 5 rings (SSSR count). The second kappa shape index (κ2) is 7.86. The standard InChI is InChI=1S/C21H19FN2O6S/c22-15-3-1-14(2-4-15)19-23-20(21(30-19)24-7-9-27-10-8-24)31(25,26)16-5-6-17-18(13-16)29-12-11-28-17/h1-6,13H,7-12H2. The Morgan fingerprint density at radius 2 is 1.61 bits per heavy atom. The van der Waals surface area contributed by atoms with Gasteiger partial charge in [-0.2, -0.15) is 4.98 Å². The van der Waals surface area contributed by atoms with Crippen LogP contribution in [0.3, 0.4) is 0 Å². The first kappa shape index (κ1) is 19.8. The van der Waals surface area contributed by atoms with Gasteiger partial charge < -0.3 is 23.5 Å². The molecular weight excluding hydrogens is 427 g/mol. The van der Waals surface area contributed by atoms with Crippen molar-refractivity contribution in [2.45, 2.75) is 9.92 Å². The van der Waals surface area contributed by atoms with Crippen molar-refractivity contribution in [2.75, 3.05) is 44.4 Å². The molecule has 0 atom stereocenters. The largest absolute Gasteiger partial charge is 0.486 e. The second-order valence-corrected chi connectivity index (χ2v) is 8.91. The van der Waals surface area contributed by atoms with Gasteiger partial charge in [0.05, 0.1) is 18.1 Å². The van der Waals surface area contributed by atoms with Crippen LogP contribution in [0.15, 0.2) is 56.8 Å². The van der Waals surface area contributed by atoms with Crippen LogP contribution in [0.4, 0.5) is 10.3 Å². The molecule has 2 aliphatic heterocycles. The van der Waals surface area contributed by atoms with Crippen LogP contribution in [0.25, 0.3) is 11.5 Å². The third kappa shape index (κ3) is 3.72. The van der Waals surface area contributed by atoms with Crippen LogP contribution in [0.2, 0.25) is 0 Å². The van der Waals surface area contributed by atoms with E-state index >= 15 is 0 Å². The number of nitrogens with zero attached hydrogens (tertiary/aromatic N) is 2. The van der Waals surface area contributed by atoms with Crippen molar-refractivity contribution in [1.82, 2.24) is 4.98 Å². The number of fused-ring (bicyclic) bond motifs is 1. The van der Waals surface area contributed by atoms with Gasteiger partial charge in [-0.25, -0.2) is 12.8 Å². The summed E-state index contributed by atoms with van der Waals surface area (Å²) in [5.74, 6) is 0.677. The van der Waals surface area contributed by atoms with E-state index in [1.165, 1.54) is 36.4 Å². The van der Waals surface area contributed by atoms with Crippen LogP contribution in [-0.2, 0) is 14.6 Å². The zero-order valence-electron chi connectivity index (χ0n) is 16.4. The van der Waals surface area contributed by atoms with E-state index < -0.39 is 15.7 Å². The Labute approximate surface area is 178 Å². The van der Waals surface area contributed by atoms with Crippen LogP contribution < -0.4 is 14.4 Å². The Bertz CT molecular complexity index is 1200. The minimum absolute atomic E-state index is 0.0187. The first-order chi connectivity index (χ1) is 15.0. The van der Waals surface area contributed by atoms with E-state index in [-0.39, 0.29) is 21.7 Å². The number of benzene rings is 2. The molecule has 1 saturated heterocycles. The van der Waals surface area contributed by atoms with E-state index in [0.717, 1.165) is 0 Å². The summed E-state index contributed by atoms with van der Waals surface area (Å²) in [4.78, 5) is 6.12. The third-order valence-electron chi connectivity index (χ3n) is 5.05. The SMILES string of the molecule is O=S(=O)(c1ccc2c(c1)OCCO2)c1nc(-c2ccc(F)cc2)oc1N1CCOCC1. The minimum Gasteiger partial charge on any atom is -0.486 e. The van der Waals surface area contributed by atoms with E-state index in [2.05, 4.69) is 4.98 Å². The summed E-state index contributed by atoms with van der Waals surface area (Å²) in [6, 6.07) is 9.97. The number of aromatic nitrogens is 1. The van der Waals surface area contributed by atoms with Crippen molar-refractivity contribution >= 4 is 15.7 Å². The molecule has 3 aromatic rings. The summed E-state index contributed by atoms with van der Waals surface area (Å²) < 4.78 is 62.7. The van der Waals surface area contributed by atoms with Crippen LogP contribution in [0.5, 0.6) is 11.5 Å². The normalized spacial score (nSPS) is 16.4. The molecule has 8 nitrogen and oxygen atoms in total. The second-order valence-electron chi connectivity index (χ2n) is 7.04. The van der Waals surface area contributed by atoms with E-state index in [0.29, 0.717) is 56.6 Å². The van der Waals surface area contributed by atoms with Crippen molar-refractivity contribution < 1.29 is 31.4 Å². The molecule has 0 saturated carbocycles. The van der Waals surface area contributed by atoms with E-state index in [1.807, 2.05) is 0 Å². The Balaban J connectivity index is 1.61. The summed E-state index contributed by atoms with van der Waals surface area (Å²) in [7, 11) is -4.04. The maximum atomic E-state index is 13.5. The van der Waals surface area contributed by atoms with Crippen molar-refractivity contribution in [3.63, 3.8) is 0 Å². The summed E-state index contributed by atoms with van der Waals surface area (Å²) in [6.45, 7) is 2.55. The number of hydrogen-bond acceptors (Lipinski definition) is 8. The Hall–Kier alpha value is -3.11. The first-order valence-electron chi connectivity index (χ1n) is 9.76. The smallest absolute Gasteiger partial charge is 0.236 e. The molecule has 0 radical (unpaired) electrons. The zero-order chi connectivity index (χ0) is 21.4. The molecule has 2 aromatic carbocycles. The molecule has 1 fully saturated rings. The van der Waals surface area contributed by atoms with Gasteiger partial charge in [0.25, 0.3) is 0 Å². The van der Waals surface area contributed by atoms with Crippen molar-refractivity contribution in [3.8, 4) is 23.0 Å². The number of anilines is 1. The first-order valence-corrected chi connectivity index (χ1v) is 11.2. The topological polar surface area (TPSA) is 91.1 Å². The van der Waals surface area contributed by atoms with Crippen molar-refractivity contribution in [3.05, 3.63) is 48.3 Å². The van der Waals surface area contributed by atoms with E-state index in [1.54, 1.807) is 11.0 Å². The van der Waals surface area contributed by atoms with Gasteiger partial charge in [-0.15, -0.1) is 0 Å². The highest BCUT2D eigenvalue weighted by atomic mass is 32.2. The molecule has 162 valence electrons. The van der Waals surface area contributed by atoms with Gasteiger partial charge in [-0.1, -0.05) is 0 Å². The number of rotatable bonds is 4. The average Bonchev–Trinajstić information content (AvgIpc) is 3.26. The number of ether oxygens (including phenoxy) is 3.